The van der Waals surface area contributed by atoms with Crippen LogP contribution in [0.3, 0.4) is 0 Å². The number of benzene rings is 4. The highest BCUT2D eigenvalue weighted by Gasteiger charge is 2.51. The molecule has 29 nitrogen and oxygen atoms in total. The number of nitrogens with one attached hydrogen (secondary N) is 4. The number of carboxylic acid groups (broad SMARTS) is 4. The number of hydrogen-bond donors (Lipinski definition) is 12. The SMILES string of the molecule is Cc1cc(C(=N)N)ccc1N1CCC2(CCN(C(=O)CC(=O)O)CC2)C1.Cc1cc(C(=N)N)ccc1N1CCC2(CCN(C(=O)CC(=O)O)CC2)C1=O.Cc1cc(C(=N)N)ccc1N1CCC2(CCN(CC(=O)O)CC2)C1=O.Cc1cc(C(=N)N)ccc1N1CCC2(CCN(CC(=O)O)CC2)CC1=O. The van der Waals surface area contributed by atoms with Crippen LogP contribution in [-0.2, 0) is 43.2 Å². The van der Waals surface area contributed by atoms with Crippen LogP contribution < -0.4 is 42.5 Å². The lowest BCUT2D eigenvalue weighted by Gasteiger charge is -2.46. The first-order chi connectivity index (χ1) is 49.1. The first-order valence-corrected chi connectivity index (χ1v) is 35.5. The van der Waals surface area contributed by atoms with E-state index in [0.29, 0.717) is 108 Å². The number of anilines is 4. The van der Waals surface area contributed by atoms with Crippen LogP contribution in [0, 0.1) is 71.0 Å². The Morgan fingerprint density at radius 3 is 1.03 bits per heavy atom. The average molecular weight is 1430 g/mol. The molecular formula is C75H100N16O13. The van der Waals surface area contributed by atoms with Gasteiger partial charge in [0.05, 0.1) is 23.9 Å². The van der Waals surface area contributed by atoms with Crippen molar-refractivity contribution in [2.24, 2.45) is 44.6 Å². The molecule has 8 aliphatic heterocycles. The van der Waals surface area contributed by atoms with Crippen molar-refractivity contribution in [3.63, 3.8) is 0 Å². The minimum absolute atomic E-state index is 0.00716. The Kier molecular flexibility index (Phi) is 24.4. The van der Waals surface area contributed by atoms with Crippen LogP contribution in [-0.4, -0.2) is 215 Å². The number of carbonyl (C=O) groups excluding carboxylic acids is 5. The van der Waals surface area contributed by atoms with E-state index in [4.69, 9.17) is 65.0 Å². The van der Waals surface area contributed by atoms with Crippen LogP contribution in [0.1, 0.15) is 141 Å². The Morgan fingerprint density at radius 1 is 0.385 bits per heavy atom. The molecular weight excluding hydrogens is 1330 g/mol. The van der Waals surface area contributed by atoms with E-state index in [0.717, 1.165) is 122 Å². The molecule has 0 aromatic heterocycles. The summed E-state index contributed by atoms with van der Waals surface area (Å²) in [4.78, 5) is 121. The molecule has 0 saturated carbocycles. The molecule has 104 heavy (non-hydrogen) atoms. The van der Waals surface area contributed by atoms with Crippen LogP contribution in [0.4, 0.5) is 22.7 Å². The molecule has 12 rings (SSSR count). The fraction of sp³-hybridized carbons (Fsp3) is 0.507. The van der Waals surface area contributed by atoms with Gasteiger partial charge in [-0.3, -0.25) is 74.6 Å². The number of amidine groups is 4. The molecule has 4 aromatic rings. The van der Waals surface area contributed by atoms with E-state index in [1.807, 2.05) is 102 Å². The maximum Gasteiger partial charge on any atom is 0.317 e. The molecule has 4 spiro atoms. The van der Waals surface area contributed by atoms with Crippen molar-refractivity contribution in [1.29, 1.82) is 21.6 Å². The van der Waals surface area contributed by atoms with E-state index < -0.39 is 48.0 Å². The van der Waals surface area contributed by atoms with Crippen molar-refractivity contribution in [3.05, 3.63) is 117 Å². The lowest BCUT2D eigenvalue weighted by Crippen LogP contribution is -2.50. The number of nitrogens with two attached hydrogens (primary N) is 4. The van der Waals surface area contributed by atoms with Crippen molar-refractivity contribution in [2.75, 3.05) is 118 Å². The van der Waals surface area contributed by atoms with Crippen LogP contribution in [0.25, 0.3) is 0 Å². The fourth-order valence-corrected chi connectivity index (χ4v) is 16.4. The third-order valence-corrected chi connectivity index (χ3v) is 22.7. The van der Waals surface area contributed by atoms with Gasteiger partial charge < -0.3 is 72.8 Å². The van der Waals surface area contributed by atoms with Gasteiger partial charge in [0.2, 0.25) is 29.5 Å². The Bertz CT molecular complexity index is 4030. The van der Waals surface area contributed by atoms with Gasteiger partial charge in [0.25, 0.3) is 0 Å². The largest absolute Gasteiger partial charge is 0.481 e. The number of nitrogen functional groups attached to an aromatic ring is 4. The highest BCUT2D eigenvalue weighted by Crippen LogP contribution is 2.48. The lowest BCUT2D eigenvalue weighted by molar-refractivity contribution is -0.147. The van der Waals surface area contributed by atoms with Gasteiger partial charge in [-0.25, -0.2) is 0 Å². The molecule has 8 aliphatic rings. The van der Waals surface area contributed by atoms with Crippen LogP contribution in [0.15, 0.2) is 72.8 Å². The molecule has 0 aliphatic carbocycles. The quantitative estimate of drug-likeness (QED) is 0.0378. The Balaban J connectivity index is 0.000000161. The summed E-state index contributed by atoms with van der Waals surface area (Å²) in [5, 5.41) is 65.5. The summed E-state index contributed by atoms with van der Waals surface area (Å²) >= 11 is 0. The van der Waals surface area contributed by atoms with Gasteiger partial charge >= 0.3 is 23.9 Å². The molecule has 558 valence electrons. The summed E-state index contributed by atoms with van der Waals surface area (Å²) in [6.07, 6.45) is 9.26. The summed E-state index contributed by atoms with van der Waals surface area (Å²) in [6.45, 7) is 16.7. The molecule has 0 atom stereocenters. The zero-order chi connectivity index (χ0) is 75.8. The number of piperidine rings is 5. The molecule has 0 unspecified atom stereocenters. The predicted molar refractivity (Wildman–Crippen MR) is 394 cm³/mol. The minimum Gasteiger partial charge on any atom is -0.481 e. The topological polar surface area (TPSA) is 460 Å². The zero-order valence-corrected chi connectivity index (χ0v) is 60.0. The van der Waals surface area contributed by atoms with Crippen LogP contribution >= 0.6 is 0 Å². The number of carboxylic acids is 4. The van der Waals surface area contributed by atoms with Crippen molar-refractivity contribution in [3.8, 4) is 0 Å². The number of aliphatic carboxylic acids is 4. The maximum atomic E-state index is 13.2. The Morgan fingerprint density at radius 2 is 0.683 bits per heavy atom. The highest BCUT2D eigenvalue weighted by molar-refractivity contribution is 6.04. The van der Waals surface area contributed by atoms with Crippen LogP contribution in [0.5, 0.6) is 0 Å². The van der Waals surface area contributed by atoms with E-state index in [1.165, 1.54) is 5.69 Å². The Hall–Kier alpha value is -10.3. The Labute approximate surface area is 605 Å². The van der Waals surface area contributed by atoms with Crippen LogP contribution in [0.2, 0.25) is 0 Å². The highest BCUT2D eigenvalue weighted by atomic mass is 16.4. The number of carbonyl (C=O) groups is 9. The summed E-state index contributed by atoms with van der Waals surface area (Å²) < 4.78 is 0. The molecule has 8 fully saturated rings. The second-order valence-corrected chi connectivity index (χ2v) is 29.5. The van der Waals surface area contributed by atoms with E-state index in [2.05, 4.69) is 4.90 Å². The van der Waals surface area contributed by atoms with Crippen molar-refractivity contribution >= 4 is 99.5 Å². The minimum atomic E-state index is -1.13. The molecule has 0 bridgehead atoms. The number of hydrogen-bond acceptors (Lipinski definition) is 16. The number of likely N-dealkylation sites (tertiary alicyclic amines) is 4. The molecule has 8 saturated heterocycles. The van der Waals surface area contributed by atoms with Gasteiger partial charge in [-0.05, 0) is 237 Å². The van der Waals surface area contributed by atoms with Crippen molar-refractivity contribution in [1.82, 2.24) is 19.6 Å². The number of rotatable bonds is 16. The number of aryl methyl sites for hydroxylation is 4. The molecule has 16 N–H and O–H groups in total. The molecule has 0 radical (unpaired) electrons. The average Bonchev–Trinajstić information content (AvgIpc) is 1.49. The third-order valence-electron chi connectivity index (χ3n) is 22.7. The summed E-state index contributed by atoms with van der Waals surface area (Å²) in [7, 11) is 0. The smallest absolute Gasteiger partial charge is 0.317 e. The van der Waals surface area contributed by atoms with E-state index in [1.54, 1.807) is 32.9 Å². The predicted octanol–water partition coefficient (Wildman–Crippen LogP) is 5.43. The second-order valence-electron chi connectivity index (χ2n) is 29.5. The van der Waals surface area contributed by atoms with E-state index in [-0.39, 0.29) is 76.3 Å². The number of nitrogens with zero attached hydrogens (tertiary/aromatic N) is 8. The first kappa shape index (κ1) is 77.9. The van der Waals surface area contributed by atoms with Gasteiger partial charge in [-0.15, -0.1) is 0 Å². The fourth-order valence-electron chi connectivity index (χ4n) is 16.4. The van der Waals surface area contributed by atoms with Gasteiger partial charge in [-0.1, -0.05) is 0 Å². The van der Waals surface area contributed by atoms with Gasteiger partial charge in [0, 0.05) is 110 Å². The van der Waals surface area contributed by atoms with E-state index in [9.17, 15) is 43.2 Å². The van der Waals surface area contributed by atoms with Crippen molar-refractivity contribution in [2.45, 2.75) is 124 Å². The third kappa shape index (κ3) is 18.2. The zero-order valence-electron chi connectivity index (χ0n) is 60.0. The summed E-state index contributed by atoms with van der Waals surface area (Å²) in [5.41, 5.74) is 31.9. The second kappa shape index (κ2) is 32.6. The molecule has 29 heteroatoms. The standard InChI is InChI=1S/C19H24N4O4.2C19H26N4O3.C18H24N4O3/c1-12-10-13(17(20)21)2-3-14(12)23-9-6-19(18(23)27)4-7-22(8-5-19)15(24)11-16(25)26;1-13-10-14(18(20)21)2-3-15(13)23-9-6-19(11-16(23)24)4-7-22(8-5-19)12-17(25)26;1-13-10-14(18(20)21)2-3-15(13)23-9-6-19(12-23)4-7-22(8-5-19)16(24)11-17(25)26;1-12-10-13(16(19)20)2-3-14(12)22-9-6-18(17(22)25)4-7-21(8-5-18)11-15(23)24/h2-3,10H,4-9,11H2,1H3,(H3,20,21)(H,25,26);2*2-3,10H,4-9,11-12H2,1H3,(H3,20,21)(H,25,26);2-3,10H,4-9,11H2,1H3,(H3,19,20)(H,23,24). The van der Waals surface area contributed by atoms with Gasteiger partial charge in [0.15, 0.2) is 0 Å². The molecule has 8 heterocycles. The number of amides is 5. The lowest BCUT2D eigenvalue weighted by atomic mass is 9.71. The summed E-state index contributed by atoms with van der Waals surface area (Å²) in [6, 6.07) is 22.2. The normalized spacial score (nSPS) is 19.6. The molecule has 5 amide bonds. The van der Waals surface area contributed by atoms with E-state index >= 15 is 0 Å². The monoisotopic (exact) mass is 1430 g/mol. The molecule has 4 aromatic carbocycles. The van der Waals surface area contributed by atoms with Gasteiger partial charge in [0.1, 0.15) is 36.2 Å². The van der Waals surface area contributed by atoms with Gasteiger partial charge in [-0.2, -0.15) is 0 Å². The first-order valence-electron chi connectivity index (χ1n) is 35.5. The van der Waals surface area contributed by atoms with Crippen molar-refractivity contribution < 1.29 is 63.6 Å². The maximum absolute atomic E-state index is 13.2. The summed E-state index contributed by atoms with van der Waals surface area (Å²) in [5.74, 6) is -4.04.